The molecule has 0 radical (unpaired) electrons. The number of aliphatic hydroxyl groups excluding tert-OH is 1. The second kappa shape index (κ2) is 8.43. The number of carbonyl (C=O) groups excluding carboxylic acids is 2. The highest BCUT2D eigenvalue weighted by Crippen LogP contribution is 2.42. The van der Waals surface area contributed by atoms with E-state index in [0.717, 1.165) is 18.4 Å². The molecule has 2 aliphatic heterocycles. The largest absolute Gasteiger partial charge is 0.507 e. The van der Waals surface area contributed by atoms with Gasteiger partial charge in [-0.1, -0.05) is 35.9 Å². The Balaban J connectivity index is 1.85. The van der Waals surface area contributed by atoms with E-state index >= 15 is 0 Å². The third-order valence-electron chi connectivity index (χ3n) is 5.81. The number of phenols is 1. The molecule has 1 amide bonds. The van der Waals surface area contributed by atoms with Crippen molar-refractivity contribution in [3.05, 3.63) is 64.7 Å². The average molecular weight is 423 g/mol. The maximum absolute atomic E-state index is 13.0. The van der Waals surface area contributed by atoms with Crippen LogP contribution in [0.2, 0.25) is 0 Å². The maximum Gasteiger partial charge on any atom is 0.295 e. The van der Waals surface area contributed by atoms with Gasteiger partial charge in [0.25, 0.3) is 11.7 Å². The molecule has 0 aliphatic carbocycles. The minimum absolute atomic E-state index is 0.0135. The number of rotatable bonds is 5. The molecular weight excluding hydrogens is 398 g/mol. The number of aliphatic hydroxyl groups is 1. The molecule has 2 aromatic carbocycles. The van der Waals surface area contributed by atoms with Crippen LogP contribution in [0.1, 0.15) is 35.6 Å². The standard InChI is InChI=1S/C24H25NO6/c1-14-5-7-15(8-6-14)22(27)20-21(16-9-10-18(26)19(12-16)30-2)25(24(29)23(20)28)13-17-4-3-11-31-17/h5-10,12,17,21,26-27H,3-4,11,13H2,1-2H3/t17-,21+/m0/s1. The molecule has 7 nitrogen and oxygen atoms in total. The van der Waals surface area contributed by atoms with Gasteiger partial charge in [-0.2, -0.15) is 0 Å². The zero-order chi connectivity index (χ0) is 22.1. The molecule has 31 heavy (non-hydrogen) atoms. The summed E-state index contributed by atoms with van der Waals surface area (Å²) in [5.74, 6) is -1.49. The molecule has 0 bridgehead atoms. The van der Waals surface area contributed by atoms with Crippen molar-refractivity contribution in [3.63, 3.8) is 0 Å². The van der Waals surface area contributed by atoms with E-state index in [1.54, 1.807) is 24.3 Å². The summed E-state index contributed by atoms with van der Waals surface area (Å²) in [6.45, 7) is 2.78. The highest BCUT2D eigenvalue weighted by molar-refractivity contribution is 6.46. The number of Topliss-reactive ketones (excluding diaryl/α,β-unsaturated/α-hetero) is 1. The number of hydrogen-bond acceptors (Lipinski definition) is 6. The molecular formula is C24H25NO6. The number of ether oxygens (including phenoxy) is 2. The normalized spacial score (nSPS) is 22.8. The van der Waals surface area contributed by atoms with Gasteiger partial charge in [-0.3, -0.25) is 9.59 Å². The van der Waals surface area contributed by atoms with Crippen molar-refractivity contribution in [1.82, 2.24) is 4.90 Å². The van der Waals surface area contributed by atoms with Crippen LogP contribution in [0, 0.1) is 6.92 Å². The number of methoxy groups -OCH3 is 1. The molecule has 2 atom stereocenters. The summed E-state index contributed by atoms with van der Waals surface area (Å²) in [5, 5.41) is 21.1. The predicted octanol–water partition coefficient (Wildman–Crippen LogP) is 3.31. The maximum atomic E-state index is 13.0. The fourth-order valence-corrected chi connectivity index (χ4v) is 4.15. The van der Waals surface area contributed by atoms with Crippen molar-refractivity contribution < 1.29 is 29.3 Å². The number of aromatic hydroxyl groups is 1. The van der Waals surface area contributed by atoms with Gasteiger partial charge in [0.2, 0.25) is 0 Å². The first kappa shape index (κ1) is 20.9. The summed E-state index contributed by atoms with van der Waals surface area (Å²) in [6, 6.07) is 10.9. The van der Waals surface area contributed by atoms with Crippen molar-refractivity contribution in [1.29, 1.82) is 0 Å². The molecule has 7 heteroatoms. The van der Waals surface area contributed by atoms with Crippen molar-refractivity contribution in [3.8, 4) is 11.5 Å². The van der Waals surface area contributed by atoms with Crippen molar-refractivity contribution >= 4 is 17.4 Å². The molecule has 2 heterocycles. The molecule has 0 unspecified atom stereocenters. The van der Waals surface area contributed by atoms with Crippen LogP contribution in [0.3, 0.4) is 0 Å². The number of hydrogen-bond donors (Lipinski definition) is 2. The summed E-state index contributed by atoms with van der Waals surface area (Å²) in [6.07, 6.45) is 1.53. The van der Waals surface area contributed by atoms with Crippen LogP contribution in [-0.4, -0.2) is 53.2 Å². The molecule has 2 aliphatic rings. The van der Waals surface area contributed by atoms with Crippen LogP contribution in [0.15, 0.2) is 48.0 Å². The first-order valence-electron chi connectivity index (χ1n) is 10.2. The van der Waals surface area contributed by atoms with Crippen molar-refractivity contribution in [2.24, 2.45) is 0 Å². The van der Waals surface area contributed by atoms with Gasteiger partial charge in [0.1, 0.15) is 5.76 Å². The van der Waals surface area contributed by atoms with Gasteiger partial charge in [-0.05, 0) is 37.5 Å². The number of aryl methyl sites for hydroxylation is 1. The van der Waals surface area contributed by atoms with Gasteiger partial charge in [0.05, 0.1) is 24.8 Å². The molecule has 4 rings (SSSR count). The van der Waals surface area contributed by atoms with Crippen molar-refractivity contribution in [2.75, 3.05) is 20.3 Å². The Labute approximate surface area is 180 Å². The summed E-state index contributed by atoms with van der Waals surface area (Å²) < 4.78 is 10.9. The predicted molar refractivity (Wildman–Crippen MR) is 114 cm³/mol. The van der Waals surface area contributed by atoms with Crippen LogP contribution >= 0.6 is 0 Å². The van der Waals surface area contributed by atoms with Crippen LogP contribution < -0.4 is 4.74 Å². The summed E-state index contributed by atoms with van der Waals surface area (Å²) >= 11 is 0. The second-order valence-electron chi connectivity index (χ2n) is 7.88. The Morgan fingerprint density at radius 2 is 1.94 bits per heavy atom. The molecule has 2 fully saturated rings. The van der Waals surface area contributed by atoms with E-state index in [9.17, 15) is 19.8 Å². The molecule has 0 aromatic heterocycles. The van der Waals surface area contributed by atoms with Crippen LogP contribution in [0.4, 0.5) is 0 Å². The van der Waals surface area contributed by atoms with E-state index in [1.807, 2.05) is 19.1 Å². The van der Waals surface area contributed by atoms with Gasteiger partial charge in [-0.15, -0.1) is 0 Å². The summed E-state index contributed by atoms with van der Waals surface area (Å²) in [5.41, 5.74) is 2.03. The minimum Gasteiger partial charge on any atom is -0.507 e. The quantitative estimate of drug-likeness (QED) is 0.435. The fourth-order valence-electron chi connectivity index (χ4n) is 4.15. The highest BCUT2D eigenvalue weighted by atomic mass is 16.5. The second-order valence-corrected chi connectivity index (χ2v) is 7.88. The Bertz CT molecular complexity index is 1040. The first-order valence-corrected chi connectivity index (χ1v) is 10.2. The Hall–Kier alpha value is -3.32. The topological polar surface area (TPSA) is 96.3 Å². The number of likely N-dealkylation sites (tertiary alicyclic amines) is 1. The monoisotopic (exact) mass is 423 g/mol. The van der Waals surface area contributed by atoms with Crippen LogP contribution in [0.25, 0.3) is 5.76 Å². The zero-order valence-corrected chi connectivity index (χ0v) is 17.5. The smallest absolute Gasteiger partial charge is 0.295 e. The molecule has 2 N–H and O–H groups in total. The molecule has 0 spiro atoms. The highest BCUT2D eigenvalue weighted by Gasteiger charge is 2.47. The van der Waals surface area contributed by atoms with E-state index in [0.29, 0.717) is 17.7 Å². The molecule has 2 saturated heterocycles. The van der Waals surface area contributed by atoms with Gasteiger partial charge in [0, 0.05) is 18.7 Å². The lowest BCUT2D eigenvalue weighted by Gasteiger charge is -2.27. The number of phenolic OH excluding ortho intramolecular Hbond substituents is 1. The number of amides is 1. The number of nitrogens with zero attached hydrogens (tertiary/aromatic N) is 1. The Kier molecular flexibility index (Phi) is 5.69. The lowest BCUT2D eigenvalue weighted by molar-refractivity contribution is -0.140. The molecule has 2 aromatic rings. The number of ketones is 1. The van der Waals surface area contributed by atoms with E-state index < -0.39 is 17.7 Å². The first-order chi connectivity index (χ1) is 14.9. The molecule has 162 valence electrons. The van der Waals surface area contributed by atoms with E-state index in [-0.39, 0.29) is 35.5 Å². The summed E-state index contributed by atoms with van der Waals surface area (Å²) in [4.78, 5) is 27.5. The minimum atomic E-state index is -0.819. The van der Waals surface area contributed by atoms with Gasteiger partial charge < -0.3 is 24.6 Å². The van der Waals surface area contributed by atoms with Gasteiger partial charge in [0.15, 0.2) is 11.5 Å². The zero-order valence-electron chi connectivity index (χ0n) is 17.5. The van der Waals surface area contributed by atoms with Crippen LogP contribution in [-0.2, 0) is 14.3 Å². The lowest BCUT2D eigenvalue weighted by Crippen LogP contribution is -2.36. The Morgan fingerprint density at radius 1 is 1.19 bits per heavy atom. The van der Waals surface area contributed by atoms with Gasteiger partial charge >= 0.3 is 0 Å². The van der Waals surface area contributed by atoms with E-state index in [2.05, 4.69) is 0 Å². The van der Waals surface area contributed by atoms with E-state index in [1.165, 1.54) is 18.1 Å². The van der Waals surface area contributed by atoms with Gasteiger partial charge in [-0.25, -0.2) is 0 Å². The van der Waals surface area contributed by atoms with E-state index in [4.69, 9.17) is 9.47 Å². The Morgan fingerprint density at radius 3 is 2.58 bits per heavy atom. The third-order valence-corrected chi connectivity index (χ3v) is 5.81. The molecule has 0 saturated carbocycles. The number of carbonyl (C=O) groups is 2. The fraction of sp³-hybridized carbons (Fsp3) is 0.333. The third kappa shape index (κ3) is 3.88. The SMILES string of the molecule is COc1cc([C@@H]2C(=C(O)c3ccc(C)cc3)C(=O)C(=O)N2C[C@@H]2CCCO2)ccc1O. The average Bonchev–Trinajstić information content (AvgIpc) is 3.37. The summed E-state index contributed by atoms with van der Waals surface area (Å²) in [7, 11) is 1.43. The van der Waals surface area contributed by atoms with Crippen LogP contribution in [0.5, 0.6) is 11.5 Å². The lowest BCUT2D eigenvalue weighted by atomic mass is 9.94. The number of benzene rings is 2. The van der Waals surface area contributed by atoms with Crippen molar-refractivity contribution in [2.45, 2.75) is 31.9 Å².